The van der Waals surface area contributed by atoms with Crippen LogP contribution in [0.5, 0.6) is 0 Å². The van der Waals surface area contributed by atoms with Crippen molar-refractivity contribution in [1.29, 1.82) is 0 Å². The van der Waals surface area contributed by atoms with Gasteiger partial charge in [0.05, 0.1) is 0 Å². The van der Waals surface area contributed by atoms with Crippen LogP contribution >= 0.6 is 0 Å². The van der Waals surface area contributed by atoms with E-state index in [2.05, 4.69) is 134 Å². The zero-order valence-corrected chi connectivity index (χ0v) is 31.1. The molecule has 50 heavy (non-hydrogen) atoms. The summed E-state index contributed by atoms with van der Waals surface area (Å²) in [7, 11) is 0. The second-order valence-electron chi connectivity index (χ2n) is 11.9. The highest BCUT2D eigenvalue weighted by molar-refractivity contribution is 6.32. The third kappa shape index (κ3) is 5.48. The first-order valence-corrected chi connectivity index (χ1v) is 19.0. The van der Waals surface area contributed by atoms with E-state index in [0.29, 0.717) is 0 Å². The number of allylic oxidation sites excluding steroid dienone is 5. The Morgan fingerprint density at radius 2 is 0.900 bits per heavy atom. The van der Waals surface area contributed by atoms with E-state index < -0.39 is 0 Å². The zero-order valence-electron chi connectivity index (χ0n) is 31.1. The van der Waals surface area contributed by atoms with Crippen molar-refractivity contribution in [2.45, 2.75) is 68.2 Å². The van der Waals surface area contributed by atoms with Crippen LogP contribution in [0, 0.1) is 0 Å². The Hall–Kier alpha value is -5.20. The molecule has 0 atom stereocenters. The molecular formula is C50H50. The minimum Gasteiger partial charge on any atom is -0.0801 e. The molecule has 0 nitrogen and oxygen atoms in total. The lowest BCUT2D eigenvalue weighted by Gasteiger charge is -2.19. The van der Waals surface area contributed by atoms with E-state index in [0.717, 1.165) is 12.8 Å². The lowest BCUT2D eigenvalue weighted by atomic mass is 9.84. The summed E-state index contributed by atoms with van der Waals surface area (Å²) < 4.78 is 0. The Bertz CT molecular complexity index is 2570. The van der Waals surface area contributed by atoms with E-state index in [1.54, 1.807) is 5.56 Å². The summed E-state index contributed by atoms with van der Waals surface area (Å²) in [5, 5.41) is 19.5. The molecule has 2 aliphatic rings. The van der Waals surface area contributed by atoms with Gasteiger partial charge in [-0.2, -0.15) is 0 Å². The van der Waals surface area contributed by atoms with Gasteiger partial charge in [-0.05, 0) is 117 Å². The van der Waals surface area contributed by atoms with Crippen LogP contribution in [0.4, 0.5) is 0 Å². The van der Waals surface area contributed by atoms with Crippen LogP contribution in [-0.2, 0) is 6.42 Å². The van der Waals surface area contributed by atoms with Gasteiger partial charge in [-0.15, -0.1) is 0 Å². The predicted molar refractivity (Wildman–Crippen MR) is 229 cm³/mol. The van der Waals surface area contributed by atoms with Gasteiger partial charge in [0, 0.05) is 0 Å². The van der Waals surface area contributed by atoms with Crippen LogP contribution < -0.4 is 0 Å². The molecule has 0 radical (unpaired) electrons. The van der Waals surface area contributed by atoms with Crippen molar-refractivity contribution in [3.05, 3.63) is 144 Å². The van der Waals surface area contributed by atoms with Crippen molar-refractivity contribution in [1.82, 2.24) is 0 Å². The van der Waals surface area contributed by atoms with Gasteiger partial charge in [0.1, 0.15) is 0 Å². The maximum absolute atomic E-state index is 2.39. The second kappa shape index (κ2) is 15.1. The molecule has 0 amide bonds. The third-order valence-electron chi connectivity index (χ3n) is 9.82. The highest BCUT2D eigenvalue weighted by Gasteiger charge is 2.22. The summed E-state index contributed by atoms with van der Waals surface area (Å²) >= 11 is 0. The van der Waals surface area contributed by atoms with Crippen molar-refractivity contribution in [2.24, 2.45) is 0 Å². The minimum absolute atomic E-state index is 1.05. The van der Waals surface area contributed by atoms with Crippen LogP contribution in [0.15, 0.2) is 127 Å². The first kappa shape index (κ1) is 34.7. The second-order valence-corrected chi connectivity index (χ2v) is 11.9. The molecule has 0 N–H and O–H groups in total. The molecule has 11 rings (SSSR count). The Balaban J connectivity index is 0.000000145. The molecule has 0 heteroatoms. The molecule has 0 unspecified atom stereocenters. The molecule has 9 aromatic carbocycles. The van der Waals surface area contributed by atoms with Gasteiger partial charge in [0.2, 0.25) is 0 Å². The van der Waals surface area contributed by atoms with Gasteiger partial charge < -0.3 is 0 Å². The predicted octanol–water partition coefficient (Wildman–Crippen LogP) is 15.8. The Labute approximate surface area is 298 Å². The highest BCUT2D eigenvalue weighted by Crippen LogP contribution is 2.46. The number of rotatable bonds is 1. The van der Waals surface area contributed by atoms with Crippen molar-refractivity contribution in [3.8, 4) is 0 Å². The molecule has 0 aliphatic heterocycles. The standard InChI is InChI=1S/C21H12.C21H14.4C2H6/c1-3-12-7-8-14-11-18-15-5-2-6-16(15)21(18)17-10-9-13(4-1)19(12)20(14)17;1-2-5-14(4-1)18-12-10-17-9-8-15-6-3-7-16-11-13-19(18)21(17)20(15)16;4*1-2/h1-5,7-11H,6H2;1-4,6-13H,5H2;4*1-2H3. The van der Waals surface area contributed by atoms with Crippen LogP contribution in [0.2, 0.25) is 0 Å². The Morgan fingerprint density at radius 1 is 0.400 bits per heavy atom. The van der Waals surface area contributed by atoms with E-state index in [1.807, 2.05) is 55.4 Å². The van der Waals surface area contributed by atoms with Crippen LogP contribution in [-0.4, -0.2) is 0 Å². The molecule has 0 saturated heterocycles. The Morgan fingerprint density at radius 3 is 1.48 bits per heavy atom. The van der Waals surface area contributed by atoms with Crippen molar-refractivity contribution in [3.63, 3.8) is 0 Å². The van der Waals surface area contributed by atoms with Gasteiger partial charge in [-0.3, -0.25) is 0 Å². The Kier molecular flexibility index (Phi) is 10.5. The quantitative estimate of drug-likeness (QED) is 0.155. The van der Waals surface area contributed by atoms with Gasteiger partial charge in [-0.25, -0.2) is 0 Å². The molecule has 0 aromatic heterocycles. The molecule has 9 aromatic rings. The normalized spacial score (nSPS) is 12.6. The number of benzene rings is 8. The largest absolute Gasteiger partial charge is 0.0801 e. The average Bonchev–Trinajstić information content (AvgIpc) is 3.89. The maximum Gasteiger partial charge on any atom is -0.00202 e. The zero-order chi connectivity index (χ0) is 35.4. The molecule has 0 saturated carbocycles. The molecule has 0 spiro atoms. The minimum atomic E-state index is 1.05. The SMILES string of the molecule is C1=CCC(c2ccc3ccc4cccc5ccc2c3c45)=C1.C1=Cc2c(c3c2cc2ccc4cccc5ccc3c2c45)C1.CC.CC.CC.CC. The summed E-state index contributed by atoms with van der Waals surface area (Å²) in [6, 6.07) is 38.3. The molecule has 0 heterocycles. The lowest BCUT2D eigenvalue weighted by Crippen LogP contribution is -1.95. The summed E-state index contributed by atoms with van der Waals surface area (Å²) in [4.78, 5) is 0. The van der Waals surface area contributed by atoms with E-state index in [1.165, 1.54) is 92.1 Å². The fourth-order valence-corrected chi connectivity index (χ4v) is 7.94. The van der Waals surface area contributed by atoms with E-state index in [-0.39, 0.29) is 0 Å². The molecule has 0 fully saturated rings. The van der Waals surface area contributed by atoms with Crippen LogP contribution in [0.25, 0.3) is 87.1 Å². The van der Waals surface area contributed by atoms with Crippen molar-refractivity contribution < 1.29 is 0 Å². The third-order valence-corrected chi connectivity index (χ3v) is 9.82. The molecule has 2 aliphatic carbocycles. The van der Waals surface area contributed by atoms with Gasteiger partial charge >= 0.3 is 0 Å². The van der Waals surface area contributed by atoms with E-state index >= 15 is 0 Å². The smallest absolute Gasteiger partial charge is 0.00202 e. The monoisotopic (exact) mass is 650 g/mol. The number of fused-ring (bicyclic) bond motifs is 5. The summed E-state index contributed by atoms with van der Waals surface area (Å²) in [6.45, 7) is 16.0. The summed E-state index contributed by atoms with van der Waals surface area (Å²) in [5.41, 5.74) is 5.82. The van der Waals surface area contributed by atoms with Crippen LogP contribution in [0.3, 0.4) is 0 Å². The average molecular weight is 651 g/mol. The van der Waals surface area contributed by atoms with Gasteiger partial charge in [0.15, 0.2) is 0 Å². The first-order chi connectivity index (χ1) is 24.8. The lowest BCUT2D eigenvalue weighted by molar-refractivity contribution is 1.34. The number of hydrogen-bond acceptors (Lipinski definition) is 0. The fourth-order valence-electron chi connectivity index (χ4n) is 7.94. The van der Waals surface area contributed by atoms with E-state index in [4.69, 9.17) is 0 Å². The van der Waals surface area contributed by atoms with Gasteiger partial charge in [-0.1, -0.05) is 183 Å². The van der Waals surface area contributed by atoms with Crippen molar-refractivity contribution >= 4 is 87.1 Å². The molecular weight excluding hydrogens is 601 g/mol. The van der Waals surface area contributed by atoms with Crippen LogP contribution in [0.1, 0.15) is 78.5 Å². The fraction of sp³-hybridized carbons (Fsp3) is 0.200. The highest BCUT2D eigenvalue weighted by atomic mass is 14.3. The first-order valence-electron chi connectivity index (χ1n) is 19.0. The topological polar surface area (TPSA) is 0 Å². The molecule has 250 valence electrons. The van der Waals surface area contributed by atoms with E-state index in [9.17, 15) is 0 Å². The number of hydrogen-bond donors (Lipinski definition) is 0. The van der Waals surface area contributed by atoms with Crippen molar-refractivity contribution in [2.75, 3.05) is 0 Å². The van der Waals surface area contributed by atoms with Gasteiger partial charge in [0.25, 0.3) is 0 Å². The maximum atomic E-state index is 2.39. The summed E-state index contributed by atoms with van der Waals surface area (Å²) in [6.07, 6.45) is 13.4. The summed E-state index contributed by atoms with van der Waals surface area (Å²) in [5.74, 6) is 0. The molecule has 0 bridgehead atoms.